The number of thiophene rings is 1. The fraction of sp³-hybridized carbons (Fsp3) is 0.357. The van der Waals surface area contributed by atoms with Crippen LogP contribution in [0.2, 0.25) is 0 Å². The Morgan fingerprint density at radius 3 is 2.76 bits per heavy atom. The third-order valence-electron chi connectivity index (χ3n) is 2.95. The molecule has 2 rings (SSSR count). The molecule has 0 aromatic carbocycles. The molecule has 0 fully saturated rings. The summed E-state index contributed by atoms with van der Waals surface area (Å²) in [6.45, 7) is 2.31. The molecule has 0 aliphatic heterocycles. The van der Waals surface area contributed by atoms with Gasteiger partial charge in [-0.25, -0.2) is 14.2 Å². The van der Waals surface area contributed by atoms with Crippen LogP contribution in [0.4, 0.5) is 4.79 Å². The highest BCUT2D eigenvalue weighted by molar-refractivity contribution is 7.17. The molecule has 6 nitrogen and oxygen atoms in total. The van der Waals surface area contributed by atoms with Crippen molar-refractivity contribution in [1.82, 2.24) is 4.57 Å². The van der Waals surface area contributed by atoms with Crippen LogP contribution < -0.4 is 0 Å². The van der Waals surface area contributed by atoms with Crippen LogP contribution in [0.5, 0.6) is 0 Å². The Kier molecular flexibility index (Phi) is 4.74. The van der Waals surface area contributed by atoms with Crippen molar-refractivity contribution in [2.75, 3.05) is 13.7 Å². The zero-order chi connectivity index (χ0) is 15.4. The summed E-state index contributed by atoms with van der Waals surface area (Å²) in [6, 6.07) is 1.69. The van der Waals surface area contributed by atoms with Gasteiger partial charge >= 0.3 is 12.1 Å². The first-order chi connectivity index (χ1) is 10.1. The minimum absolute atomic E-state index is 0.144. The molecule has 0 N–H and O–H groups in total. The van der Waals surface area contributed by atoms with Gasteiger partial charge in [-0.1, -0.05) is 13.3 Å². The Hall–Kier alpha value is -2.15. The van der Waals surface area contributed by atoms with Gasteiger partial charge in [-0.3, -0.25) is 4.79 Å². The third-order valence-corrected chi connectivity index (χ3v) is 3.86. The third kappa shape index (κ3) is 2.97. The number of methoxy groups -OCH3 is 1. The normalized spacial score (nSPS) is 10.6. The van der Waals surface area contributed by atoms with E-state index in [-0.39, 0.29) is 5.56 Å². The maximum Gasteiger partial charge on any atom is 0.419 e. The number of esters is 1. The molecule has 2 aromatic rings. The molecule has 0 aliphatic carbocycles. The van der Waals surface area contributed by atoms with Crippen molar-refractivity contribution < 1.29 is 23.9 Å². The van der Waals surface area contributed by atoms with Crippen LogP contribution in [-0.2, 0) is 14.3 Å². The van der Waals surface area contributed by atoms with Gasteiger partial charge in [0.1, 0.15) is 4.83 Å². The molecule has 0 saturated heterocycles. The summed E-state index contributed by atoms with van der Waals surface area (Å²) in [5.41, 5.74) is 0.144. The molecule has 0 atom stereocenters. The molecule has 0 amide bonds. The van der Waals surface area contributed by atoms with Gasteiger partial charge in [-0.15, -0.1) is 11.3 Å². The topological polar surface area (TPSA) is 74.6 Å². The average Bonchev–Trinajstić information content (AvgIpc) is 3.07. The fourth-order valence-electron chi connectivity index (χ4n) is 1.84. The lowest BCUT2D eigenvalue weighted by Crippen LogP contribution is -2.16. The molecule has 2 heterocycles. The summed E-state index contributed by atoms with van der Waals surface area (Å²) >= 11 is 1.30. The SMILES string of the molecule is CCCCOC(=O)n1cc(C(=O)C(=O)OC)c2ccsc21. The largest absolute Gasteiger partial charge is 0.463 e. The predicted octanol–water partition coefficient (Wildman–Crippen LogP) is 2.84. The number of carbonyl (C=O) groups excluding carboxylic acids is 3. The molecular formula is C14H15NO5S. The average molecular weight is 309 g/mol. The maximum absolute atomic E-state index is 12.0. The van der Waals surface area contributed by atoms with Crippen LogP contribution in [0.25, 0.3) is 10.2 Å². The second kappa shape index (κ2) is 6.53. The molecular weight excluding hydrogens is 294 g/mol. The van der Waals surface area contributed by atoms with Crippen LogP contribution in [0.1, 0.15) is 30.1 Å². The van der Waals surface area contributed by atoms with Crippen LogP contribution in [0, 0.1) is 0 Å². The second-order valence-electron chi connectivity index (χ2n) is 4.34. The highest BCUT2D eigenvalue weighted by atomic mass is 32.1. The van der Waals surface area contributed by atoms with Crippen molar-refractivity contribution in [3.63, 3.8) is 0 Å². The molecule has 112 valence electrons. The summed E-state index contributed by atoms with van der Waals surface area (Å²) in [7, 11) is 1.14. The van der Waals surface area contributed by atoms with E-state index in [1.165, 1.54) is 22.1 Å². The maximum atomic E-state index is 12.0. The summed E-state index contributed by atoms with van der Waals surface area (Å²) in [4.78, 5) is 35.9. The van der Waals surface area contributed by atoms with Crippen molar-refractivity contribution in [3.8, 4) is 0 Å². The van der Waals surface area contributed by atoms with E-state index in [2.05, 4.69) is 4.74 Å². The Morgan fingerprint density at radius 2 is 2.10 bits per heavy atom. The number of hydrogen-bond acceptors (Lipinski definition) is 6. The van der Waals surface area contributed by atoms with E-state index in [1.54, 1.807) is 11.4 Å². The van der Waals surface area contributed by atoms with Crippen LogP contribution in [0.3, 0.4) is 0 Å². The van der Waals surface area contributed by atoms with Crippen LogP contribution in [-0.4, -0.2) is 36.1 Å². The Bertz CT molecular complexity index is 685. The lowest BCUT2D eigenvalue weighted by atomic mass is 10.2. The summed E-state index contributed by atoms with van der Waals surface area (Å²) < 4.78 is 10.8. The fourth-order valence-corrected chi connectivity index (χ4v) is 2.72. The number of nitrogens with zero attached hydrogens (tertiary/aromatic N) is 1. The molecule has 2 aromatic heterocycles. The van der Waals surface area contributed by atoms with Gasteiger partial charge in [0.2, 0.25) is 0 Å². The molecule has 21 heavy (non-hydrogen) atoms. The van der Waals surface area contributed by atoms with E-state index in [0.717, 1.165) is 20.0 Å². The summed E-state index contributed by atoms with van der Waals surface area (Å²) in [5.74, 6) is -1.74. The van der Waals surface area contributed by atoms with E-state index in [0.29, 0.717) is 16.8 Å². The number of fused-ring (bicyclic) bond motifs is 1. The lowest BCUT2D eigenvalue weighted by Gasteiger charge is -2.04. The number of hydrogen-bond donors (Lipinski definition) is 0. The van der Waals surface area contributed by atoms with Gasteiger partial charge in [-0.05, 0) is 17.9 Å². The van der Waals surface area contributed by atoms with E-state index in [4.69, 9.17) is 4.74 Å². The van der Waals surface area contributed by atoms with Gasteiger partial charge in [0.15, 0.2) is 0 Å². The van der Waals surface area contributed by atoms with Crippen molar-refractivity contribution in [1.29, 1.82) is 0 Å². The Morgan fingerprint density at radius 1 is 1.33 bits per heavy atom. The van der Waals surface area contributed by atoms with Gasteiger partial charge in [-0.2, -0.15) is 0 Å². The van der Waals surface area contributed by atoms with Crippen LogP contribution in [0.15, 0.2) is 17.6 Å². The van der Waals surface area contributed by atoms with Gasteiger partial charge in [0.25, 0.3) is 5.78 Å². The number of Topliss-reactive ketones (excluding diaryl/α,β-unsaturated/α-hetero) is 1. The Labute approximate surface area is 125 Å². The number of ether oxygens (including phenoxy) is 2. The van der Waals surface area contributed by atoms with Crippen molar-refractivity contribution in [3.05, 3.63) is 23.2 Å². The number of carbonyl (C=O) groups is 3. The molecule has 0 radical (unpaired) electrons. The summed E-state index contributed by atoms with van der Waals surface area (Å²) in [6.07, 6.45) is 2.46. The number of rotatable bonds is 5. The standard InChI is InChI=1S/C14H15NO5S/c1-3-4-6-20-14(18)15-8-10(11(16)13(17)19-2)9-5-7-21-12(9)15/h5,7-8H,3-4,6H2,1-2H3. The zero-order valence-corrected chi connectivity index (χ0v) is 12.6. The molecule has 0 aliphatic rings. The highest BCUT2D eigenvalue weighted by Gasteiger charge is 2.24. The monoisotopic (exact) mass is 309 g/mol. The minimum atomic E-state index is -0.959. The van der Waals surface area contributed by atoms with E-state index in [9.17, 15) is 14.4 Å². The molecule has 0 unspecified atom stereocenters. The van der Waals surface area contributed by atoms with E-state index < -0.39 is 17.8 Å². The van der Waals surface area contributed by atoms with Crippen molar-refractivity contribution in [2.24, 2.45) is 0 Å². The zero-order valence-electron chi connectivity index (χ0n) is 11.8. The van der Waals surface area contributed by atoms with Crippen molar-refractivity contribution in [2.45, 2.75) is 19.8 Å². The number of ketones is 1. The molecule has 0 saturated carbocycles. The smallest absolute Gasteiger partial charge is 0.419 e. The first kappa shape index (κ1) is 15.2. The van der Waals surface area contributed by atoms with Crippen molar-refractivity contribution >= 4 is 39.4 Å². The lowest BCUT2D eigenvalue weighted by molar-refractivity contribution is -0.135. The number of aromatic nitrogens is 1. The van der Waals surface area contributed by atoms with Gasteiger partial charge in [0.05, 0.1) is 19.3 Å². The first-order valence-electron chi connectivity index (χ1n) is 6.48. The van der Waals surface area contributed by atoms with Gasteiger partial charge in [0, 0.05) is 11.6 Å². The molecule has 7 heteroatoms. The molecule has 0 spiro atoms. The number of unbranched alkanes of at least 4 members (excludes halogenated alkanes) is 1. The highest BCUT2D eigenvalue weighted by Crippen LogP contribution is 2.27. The second-order valence-corrected chi connectivity index (χ2v) is 5.24. The first-order valence-corrected chi connectivity index (χ1v) is 7.36. The quantitative estimate of drug-likeness (QED) is 0.367. The summed E-state index contributed by atoms with van der Waals surface area (Å²) in [5, 5.41) is 2.29. The molecule has 0 bridgehead atoms. The Balaban J connectivity index is 2.34. The van der Waals surface area contributed by atoms with Gasteiger partial charge < -0.3 is 9.47 Å². The van der Waals surface area contributed by atoms with E-state index in [1.807, 2.05) is 6.92 Å². The van der Waals surface area contributed by atoms with E-state index >= 15 is 0 Å². The van der Waals surface area contributed by atoms with Crippen LogP contribution >= 0.6 is 11.3 Å². The minimum Gasteiger partial charge on any atom is -0.463 e. The predicted molar refractivity (Wildman–Crippen MR) is 77.8 cm³/mol.